The quantitative estimate of drug-likeness (QED) is 0.282. The number of hydrogen-bond donors (Lipinski definition) is 1. The third kappa shape index (κ3) is 12.4. The van der Waals surface area contributed by atoms with Crippen LogP contribution in [0.1, 0.15) is 39.0 Å². The molecule has 0 aliphatic rings. The van der Waals surface area contributed by atoms with Gasteiger partial charge in [0.2, 0.25) is 0 Å². The van der Waals surface area contributed by atoms with E-state index in [9.17, 15) is 14.4 Å². The molecule has 0 atom stereocenters. The van der Waals surface area contributed by atoms with Crippen molar-refractivity contribution in [2.24, 2.45) is 0 Å². The minimum Gasteiger partial charge on any atom is -0.481 e. The normalized spacial score (nSPS) is 10.4. The summed E-state index contributed by atoms with van der Waals surface area (Å²) in [7, 11) is 0. The van der Waals surface area contributed by atoms with Gasteiger partial charge < -0.3 is 14.6 Å². The van der Waals surface area contributed by atoms with E-state index in [0.717, 1.165) is 19.3 Å². The number of carbonyl (C=O) groups is 3. The summed E-state index contributed by atoms with van der Waals surface area (Å²) in [6.07, 6.45) is 5.51. The maximum atomic E-state index is 10.9. The van der Waals surface area contributed by atoms with Crippen LogP contribution in [0.3, 0.4) is 0 Å². The lowest BCUT2D eigenvalue weighted by molar-refractivity contribution is -0.151. The van der Waals surface area contributed by atoms with Crippen LogP contribution >= 0.6 is 0 Å². The molecule has 0 aromatic carbocycles. The van der Waals surface area contributed by atoms with Crippen LogP contribution in [-0.4, -0.2) is 36.2 Å². The van der Waals surface area contributed by atoms with Crippen molar-refractivity contribution in [3.63, 3.8) is 0 Å². The zero-order valence-corrected chi connectivity index (χ0v) is 11.1. The van der Waals surface area contributed by atoms with Crippen molar-refractivity contribution in [1.82, 2.24) is 0 Å². The second kappa shape index (κ2) is 11.3. The van der Waals surface area contributed by atoms with Gasteiger partial charge in [0.25, 0.3) is 0 Å². The second-order valence-electron chi connectivity index (χ2n) is 3.87. The summed E-state index contributed by atoms with van der Waals surface area (Å²) in [5, 5.41) is 8.32. The molecule has 0 heterocycles. The Morgan fingerprint density at radius 2 is 1.58 bits per heavy atom. The van der Waals surface area contributed by atoms with E-state index in [1.54, 1.807) is 13.0 Å². The molecule has 0 rings (SSSR count). The van der Waals surface area contributed by atoms with Crippen LogP contribution in [0.15, 0.2) is 12.2 Å². The Labute approximate surface area is 112 Å². The Morgan fingerprint density at radius 1 is 1.00 bits per heavy atom. The molecule has 0 aliphatic heterocycles. The number of carboxylic acid groups (broad SMARTS) is 1. The van der Waals surface area contributed by atoms with Gasteiger partial charge in [-0.1, -0.05) is 6.08 Å². The largest absolute Gasteiger partial charge is 0.481 e. The molecule has 0 spiro atoms. The number of ether oxygens (including phenoxy) is 2. The van der Waals surface area contributed by atoms with Gasteiger partial charge >= 0.3 is 17.9 Å². The lowest BCUT2D eigenvalue weighted by Gasteiger charge is -2.04. The summed E-state index contributed by atoms with van der Waals surface area (Å²) in [6.45, 7) is 2.35. The maximum Gasteiger partial charge on any atom is 0.330 e. The number of allylic oxidation sites excluding steroid dienone is 1. The third-order valence-corrected chi connectivity index (χ3v) is 2.14. The molecule has 19 heavy (non-hydrogen) atoms. The standard InChI is InChI=1S/C13H20O6/c1-2-7-12(16)18-8-5-3-4-6-9-19-13(17)10-11(14)15/h2,7H,3-6,8-10H2,1H3,(H,14,15). The molecule has 0 aromatic rings. The summed E-state index contributed by atoms with van der Waals surface area (Å²) >= 11 is 0. The highest BCUT2D eigenvalue weighted by Gasteiger charge is 2.07. The van der Waals surface area contributed by atoms with Crippen LogP contribution < -0.4 is 0 Å². The molecule has 0 radical (unpaired) electrons. The van der Waals surface area contributed by atoms with E-state index >= 15 is 0 Å². The Hall–Kier alpha value is -1.85. The van der Waals surface area contributed by atoms with E-state index in [1.807, 2.05) is 0 Å². The molecule has 0 bridgehead atoms. The number of carboxylic acids is 1. The van der Waals surface area contributed by atoms with E-state index in [2.05, 4.69) is 0 Å². The summed E-state index contributed by atoms with van der Waals surface area (Å²) < 4.78 is 9.61. The molecule has 0 aliphatic carbocycles. The van der Waals surface area contributed by atoms with Crippen molar-refractivity contribution in [3.8, 4) is 0 Å². The summed E-state index contributed by atoms with van der Waals surface area (Å²) in [5.41, 5.74) is 0. The first-order valence-electron chi connectivity index (χ1n) is 6.23. The minimum absolute atomic E-state index is 0.227. The molecule has 0 fully saturated rings. The number of esters is 2. The second-order valence-corrected chi connectivity index (χ2v) is 3.87. The lowest BCUT2D eigenvalue weighted by atomic mass is 10.2. The Balaban J connectivity index is 3.30. The molecule has 0 unspecified atom stereocenters. The highest BCUT2D eigenvalue weighted by atomic mass is 16.5. The SMILES string of the molecule is CC=CC(=O)OCCCCCCOC(=O)CC(=O)O. The molecule has 0 saturated carbocycles. The molecular formula is C13H20O6. The van der Waals surface area contributed by atoms with Crippen LogP contribution in [0.25, 0.3) is 0 Å². The highest BCUT2D eigenvalue weighted by Crippen LogP contribution is 2.01. The fourth-order valence-corrected chi connectivity index (χ4v) is 1.28. The van der Waals surface area contributed by atoms with Crippen molar-refractivity contribution in [2.45, 2.75) is 39.0 Å². The van der Waals surface area contributed by atoms with Gasteiger partial charge in [-0.2, -0.15) is 0 Å². The topological polar surface area (TPSA) is 89.9 Å². The number of carbonyl (C=O) groups excluding carboxylic acids is 2. The number of aliphatic carboxylic acids is 1. The van der Waals surface area contributed by atoms with Crippen LogP contribution in [0.4, 0.5) is 0 Å². The van der Waals surface area contributed by atoms with Gasteiger partial charge in [0.15, 0.2) is 0 Å². The molecule has 0 saturated heterocycles. The predicted molar refractivity (Wildman–Crippen MR) is 67.5 cm³/mol. The smallest absolute Gasteiger partial charge is 0.330 e. The predicted octanol–water partition coefficient (Wildman–Crippen LogP) is 1.68. The summed E-state index contributed by atoms with van der Waals surface area (Å²) in [5.74, 6) is -2.24. The van der Waals surface area contributed by atoms with Crippen LogP contribution in [0.2, 0.25) is 0 Å². The Morgan fingerprint density at radius 3 is 2.11 bits per heavy atom. The molecule has 0 aromatic heterocycles. The molecule has 1 N–H and O–H groups in total. The van der Waals surface area contributed by atoms with Gasteiger partial charge in [0.1, 0.15) is 6.42 Å². The van der Waals surface area contributed by atoms with Crippen molar-refractivity contribution >= 4 is 17.9 Å². The zero-order chi connectivity index (χ0) is 14.5. The van der Waals surface area contributed by atoms with Gasteiger partial charge in [-0.05, 0) is 32.6 Å². The van der Waals surface area contributed by atoms with E-state index in [1.165, 1.54) is 6.08 Å². The lowest BCUT2D eigenvalue weighted by Crippen LogP contribution is -2.11. The highest BCUT2D eigenvalue weighted by molar-refractivity contribution is 5.90. The molecule has 6 nitrogen and oxygen atoms in total. The first-order valence-corrected chi connectivity index (χ1v) is 6.23. The molecule has 0 amide bonds. The summed E-state index contributed by atoms with van der Waals surface area (Å²) in [4.78, 5) is 32.0. The van der Waals surface area contributed by atoms with E-state index in [4.69, 9.17) is 14.6 Å². The van der Waals surface area contributed by atoms with Crippen molar-refractivity contribution in [2.75, 3.05) is 13.2 Å². The van der Waals surface area contributed by atoms with Crippen LogP contribution in [-0.2, 0) is 23.9 Å². The number of hydrogen-bond acceptors (Lipinski definition) is 5. The fraction of sp³-hybridized carbons (Fsp3) is 0.615. The zero-order valence-electron chi connectivity index (χ0n) is 11.1. The molecular weight excluding hydrogens is 252 g/mol. The Bertz CT molecular complexity index is 321. The average molecular weight is 272 g/mol. The summed E-state index contributed by atoms with van der Waals surface area (Å²) in [6, 6.07) is 0. The van der Waals surface area contributed by atoms with Gasteiger partial charge in [0.05, 0.1) is 13.2 Å². The fourth-order valence-electron chi connectivity index (χ4n) is 1.28. The van der Waals surface area contributed by atoms with Crippen LogP contribution in [0, 0.1) is 0 Å². The van der Waals surface area contributed by atoms with Gasteiger partial charge in [-0.15, -0.1) is 0 Å². The first kappa shape index (κ1) is 17.2. The first-order chi connectivity index (χ1) is 9.06. The monoisotopic (exact) mass is 272 g/mol. The van der Waals surface area contributed by atoms with Crippen molar-refractivity contribution in [1.29, 1.82) is 0 Å². The van der Waals surface area contributed by atoms with Crippen LogP contribution in [0.5, 0.6) is 0 Å². The van der Waals surface area contributed by atoms with Gasteiger partial charge in [-0.3, -0.25) is 9.59 Å². The Kier molecular flexibility index (Phi) is 10.2. The van der Waals surface area contributed by atoms with E-state index in [-0.39, 0.29) is 12.6 Å². The third-order valence-electron chi connectivity index (χ3n) is 2.14. The number of unbranched alkanes of at least 4 members (excludes halogenated alkanes) is 3. The maximum absolute atomic E-state index is 10.9. The minimum atomic E-state index is -1.19. The average Bonchev–Trinajstić information content (AvgIpc) is 2.32. The van der Waals surface area contributed by atoms with Gasteiger partial charge in [0, 0.05) is 6.08 Å². The van der Waals surface area contributed by atoms with Crippen molar-refractivity contribution < 1.29 is 29.0 Å². The molecule has 6 heteroatoms. The molecule has 108 valence electrons. The van der Waals surface area contributed by atoms with Crippen molar-refractivity contribution in [3.05, 3.63) is 12.2 Å². The number of rotatable bonds is 10. The van der Waals surface area contributed by atoms with Gasteiger partial charge in [-0.25, -0.2) is 4.79 Å². The van der Waals surface area contributed by atoms with E-state index in [0.29, 0.717) is 13.0 Å². The van der Waals surface area contributed by atoms with E-state index < -0.39 is 18.4 Å².